The molecule has 0 amide bonds. The van der Waals surface area contributed by atoms with Crippen LogP contribution in [0.3, 0.4) is 0 Å². The summed E-state index contributed by atoms with van der Waals surface area (Å²) in [6.45, 7) is 12.2. The molecule has 1 atom stereocenters. The lowest BCUT2D eigenvalue weighted by Gasteiger charge is -2.15. The van der Waals surface area contributed by atoms with Crippen molar-refractivity contribution in [2.75, 3.05) is 6.54 Å². The molecule has 0 aliphatic carbocycles. The van der Waals surface area contributed by atoms with E-state index in [0.717, 1.165) is 36.6 Å². The van der Waals surface area contributed by atoms with Crippen molar-refractivity contribution in [3.8, 4) is 0 Å². The quantitative estimate of drug-likeness (QED) is 0.790. The van der Waals surface area contributed by atoms with E-state index in [4.69, 9.17) is 4.42 Å². The molecule has 0 spiro atoms. The second-order valence-corrected chi connectivity index (χ2v) is 6.87. The largest absolute Gasteiger partial charge is 0.461 e. The van der Waals surface area contributed by atoms with Gasteiger partial charge in [0.05, 0.1) is 0 Å². The van der Waals surface area contributed by atoms with Gasteiger partial charge in [-0.1, -0.05) is 46.8 Å². The van der Waals surface area contributed by atoms with E-state index in [-0.39, 0.29) is 0 Å². The molecule has 0 aliphatic heterocycles. The second kappa shape index (κ2) is 7.13. The third kappa shape index (κ3) is 4.60. The van der Waals surface area contributed by atoms with Crippen LogP contribution in [0.25, 0.3) is 11.0 Å². The highest BCUT2D eigenvalue weighted by Gasteiger charge is 2.10. The van der Waals surface area contributed by atoms with Gasteiger partial charge < -0.3 is 9.73 Å². The Morgan fingerprint density at radius 2 is 1.81 bits per heavy atom. The fourth-order valence-electron chi connectivity index (χ4n) is 2.47. The summed E-state index contributed by atoms with van der Waals surface area (Å²) < 4.78 is 5.99. The summed E-state index contributed by atoms with van der Waals surface area (Å²) in [5, 5.41) is 4.65. The van der Waals surface area contributed by atoms with E-state index >= 15 is 0 Å². The third-order valence-electron chi connectivity index (χ3n) is 4.26. The van der Waals surface area contributed by atoms with Crippen LogP contribution in [-0.2, 0) is 12.8 Å². The molecule has 0 aliphatic rings. The molecule has 1 heterocycles. The molecule has 116 valence electrons. The van der Waals surface area contributed by atoms with E-state index in [1.165, 1.54) is 10.9 Å². The van der Waals surface area contributed by atoms with Crippen molar-refractivity contribution < 1.29 is 4.42 Å². The number of furan rings is 1. The van der Waals surface area contributed by atoms with Crippen LogP contribution in [0.5, 0.6) is 0 Å². The molecule has 0 saturated carbocycles. The Labute approximate surface area is 128 Å². The minimum absolute atomic E-state index is 0.526. The molecule has 2 aromatic rings. The van der Waals surface area contributed by atoms with Crippen LogP contribution in [0.1, 0.15) is 45.9 Å². The van der Waals surface area contributed by atoms with Gasteiger partial charge >= 0.3 is 0 Å². The van der Waals surface area contributed by atoms with Gasteiger partial charge in [-0.25, -0.2) is 0 Å². The molecule has 21 heavy (non-hydrogen) atoms. The zero-order valence-electron chi connectivity index (χ0n) is 14.1. The van der Waals surface area contributed by atoms with Crippen LogP contribution in [-0.4, -0.2) is 12.6 Å². The summed E-state index contributed by atoms with van der Waals surface area (Å²) in [6, 6.07) is 9.35. The van der Waals surface area contributed by atoms with Crippen LogP contribution in [0, 0.1) is 11.8 Å². The molecule has 0 bridgehead atoms. The van der Waals surface area contributed by atoms with Crippen LogP contribution < -0.4 is 5.32 Å². The van der Waals surface area contributed by atoms with E-state index in [1.54, 1.807) is 0 Å². The summed E-state index contributed by atoms with van der Waals surface area (Å²) in [4.78, 5) is 0. The summed E-state index contributed by atoms with van der Waals surface area (Å²) >= 11 is 0. The maximum atomic E-state index is 5.99. The number of hydrogen-bond acceptors (Lipinski definition) is 2. The molecule has 2 rings (SSSR count). The monoisotopic (exact) mass is 287 g/mol. The SMILES string of the molecule is CC(C)NCCc1cc2ccc(CC(C)C(C)C)cc2o1. The van der Waals surface area contributed by atoms with Crippen molar-refractivity contribution in [2.45, 2.75) is 53.5 Å². The molecular weight excluding hydrogens is 258 g/mol. The summed E-state index contributed by atoms with van der Waals surface area (Å²) in [5.41, 5.74) is 2.41. The Balaban J connectivity index is 2.05. The Morgan fingerprint density at radius 3 is 2.48 bits per heavy atom. The van der Waals surface area contributed by atoms with Gasteiger partial charge in [-0.3, -0.25) is 0 Å². The predicted molar refractivity (Wildman–Crippen MR) is 90.8 cm³/mol. The topological polar surface area (TPSA) is 25.2 Å². The van der Waals surface area contributed by atoms with Gasteiger partial charge in [0.25, 0.3) is 0 Å². The highest BCUT2D eigenvalue weighted by Crippen LogP contribution is 2.24. The minimum Gasteiger partial charge on any atom is -0.461 e. The van der Waals surface area contributed by atoms with E-state index in [0.29, 0.717) is 12.0 Å². The predicted octanol–water partition coefficient (Wildman–Crippen LogP) is 4.81. The first-order chi connectivity index (χ1) is 9.95. The van der Waals surface area contributed by atoms with E-state index in [1.807, 2.05) is 0 Å². The first-order valence-corrected chi connectivity index (χ1v) is 8.20. The maximum absolute atomic E-state index is 5.99. The van der Waals surface area contributed by atoms with Crippen molar-refractivity contribution >= 4 is 11.0 Å². The molecule has 1 unspecified atom stereocenters. The Bertz CT molecular complexity index is 568. The Morgan fingerprint density at radius 1 is 1.05 bits per heavy atom. The van der Waals surface area contributed by atoms with Gasteiger partial charge in [0, 0.05) is 24.4 Å². The van der Waals surface area contributed by atoms with Crippen LogP contribution >= 0.6 is 0 Å². The fourth-order valence-corrected chi connectivity index (χ4v) is 2.47. The van der Waals surface area contributed by atoms with Gasteiger partial charge in [0.1, 0.15) is 11.3 Å². The zero-order chi connectivity index (χ0) is 15.4. The van der Waals surface area contributed by atoms with Crippen molar-refractivity contribution in [3.63, 3.8) is 0 Å². The lowest BCUT2D eigenvalue weighted by molar-refractivity contribution is 0.417. The van der Waals surface area contributed by atoms with Crippen LogP contribution in [0.15, 0.2) is 28.7 Å². The van der Waals surface area contributed by atoms with Gasteiger partial charge in [-0.05, 0) is 36.0 Å². The fraction of sp³-hybridized carbons (Fsp3) is 0.579. The van der Waals surface area contributed by atoms with E-state index in [9.17, 15) is 0 Å². The lowest BCUT2D eigenvalue weighted by atomic mass is 9.91. The first-order valence-electron chi connectivity index (χ1n) is 8.20. The van der Waals surface area contributed by atoms with Gasteiger partial charge in [-0.2, -0.15) is 0 Å². The number of rotatable bonds is 7. The van der Waals surface area contributed by atoms with Crippen LogP contribution in [0.2, 0.25) is 0 Å². The summed E-state index contributed by atoms with van der Waals surface area (Å²) in [5.74, 6) is 2.49. The number of fused-ring (bicyclic) bond motifs is 1. The van der Waals surface area contributed by atoms with Gasteiger partial charge in [0.15, 0.2) is 0 Å². The van der Waals surface area contributed by atoms with Gasteiger partial charge in [-0.15, -0.1) is 0 Å². The number of hydrogen-bond donors (Lipinski definition) is 1. The summed E-state index contributed by atoms with van der Waals surface area (Å²) in [6.07, 6.45) is 2.07. The standard InChI is InChI=1S/C19H29NO/c1-13(2)15(5)10-16-6-7-17-12-18(21-19(17)11-16)8-9-20-14(3)4/h6-7,11-15,20H,8-10H2,1-5H3. The van der Waals surface area contributed by atoms with Gasteiger partial charge in [0.2, 0.25) is 0 Å². The average molecular weight is 287 g/mol. The molecule has 2 heteroatoms. The Hall–Kier alpha value is -1.28. The minimum atomic E-state index is 0.526. The molecule has 0 saturated heterocycles. The molecule has 0 fully saturated rings. The lowest BCUT2D eigenvalue weighted by Crippen LogP contribution is -2.24. The van der Waals surface area contributed by atoms with Crippen LogP contribution in [0.4, 0.5) is 0 Å². The second-order valence-electron chi connectivity index (χ2n) is 6.87. The van der Waals surface area contributed by atoms with Crippen molar-refractivity contribution in [1.82, 2.24) is 5.32 Å². The normalized spacial score (nSPS) is 13.5. The molecule has 0 radical (unpaired) electrons. The molecule has 1 aromatic carbocycles. The van der Waals surface area contributed by atoms with E-state index < -0.39 is 0 Å². The third-order valence-corrected chi connectivity index (χ3v) is 4.26. The van der Waals surface area contributed by atoms with Crippen molar-refractivity contribution in [2.24, 2.45) is 11.8 Å². The average Bonchev–Trinajstić information content (AvgIpc) is 2.80. The highest BCUT2D eigenvalue weighted by atomic mass is 16.3. The molecule has 1 N–H and O–H groups in total. The molecular formula is C19H29NO. The maximum Gasteiger partial charge on any atom is 0.134 e. The molecule has 2 nitrogen and oxygen atoms in total. The number of nitrogens with one attached hydrogen (secondary N) is 1. The Kier molecular flexibility index (Phi) is 5.46. The zero-order valence-corrected chi connectivity index (χ0v) is 14.1. The molecule has 1 aromatic heterocycles. The van der Waals surface area contributed by atoms with Crippen molar-refractivity contribution in [3.05, 3.63) is 35.6 Å². The summed E-state index contributed by atoms with van der Waals surface area (Å²) in [7, 11) is 0. The van der Waals surface area contributed by atoms with E-state index in [2.05, 4.69) is 64.2 Å². The first kappa shape index (κ1) is 16.1. The van der Waals surface area contributed by atoms with Crippen molar-refractivity contribution in [1.29, 1.82) is 0 Å². The number of benzene rings is 1. The highest BCUT2D eigenvalue weighted by molar-refractivity contribution is 5.78. The smallest absolute Gasteiger partial charge is 0.134 e.